The number of methoxy groups -OCH3 is 1. The summed E-state index contributed by atoms with van der Waals surface area (Å²) in [4.78, 5) is 46.5. The maximum absolute atomic E-state index is 13.5. The predicted molar refractivity (Wildman–Crippen MR) is 136 cm³/mol. The number of nitrogens with one attached hydrogen (secondary N) is 1. The zero-order valence-corrected chi connectivity index (χ0v) is 22.5. The molecular weight excluding hydrogens is 508 g/mol. The molecule has 1 aliphatic rings. The second-order valence-electron chi connectivity index (χ2n) is 8.13. The summed E-state index contributed by atoms with van der Waals surface area (Å²) in [6, 6.07) is 1.83. The van der Waals surface area contributed by atoms with Crippen LogP contribution in [0.4, 0.5) is 5.00 Å². The van der Waals surface area contributed by atoms with Crippen LogP contribution in [0.3, 0.4) is 0 Å². The van der Waals surface area contributed by atoms with Gasteiger partial charge in [0.1, 0.15) is 14.8 Å². The Morgan fingerprint density at radius 1 is 1.19 bits per heavy atom. The summed E-state index contributed by atoms with van der Waals surface area (Å²) in [6.45, 7) is 7.41. The van der Waals surface area contributed by atoms with Crippen molar-refractivity contribution in [3.63, 3.8) is 0 Å². The molecule has 0 unspecified atom stereocenters. The van der Waals surface area contributed by atoms with E-state index in [1.54, 1.807) is 13.0 Å². The number of thiophene rings is 1. The van der Waals surface area contributed by atoms with E-state index in [0.717, 1.165) is 22.5 Å². The molecule has 0 aromatic carbocycles. The van der Waals surface area contributed by atoms with Gasteiger partial charge in [-0.3, -0.25) is 24.2 Å². The minimum Gasteiger partial charge on any atom is -0.491 e. The van der Waals surface area contributed by atoms with Crippen molar-refractivity contribution >= 4 is 43.9 Å². The van der Waals surface area contributed by atoms with Crippen LogP contribution in [-0.4, -0.2) is 86.3 Å². The first-order valence-electron chi connectivity index (χ1n) is 11.4. The smallest absolute Gasteiger partial charge is 0.265 e. The Bertz CT molecular complexity index is 1260. The van der Waals surface area contributed by atoms with Crippen molar-refractivity contribution < 1.29 is 32.3 Å². The molecule has 0 bridgehead atoms. The van der Waals surface area contributed by atoms with E-state index in [-0.39, 0.29) is 46.8 Å². The van der Waals surface area contributed by atoms with E-state index in [1.807, 2.05) is 18.7 Å². The van der Waals surface area contributed by atoms with Gasteiger partial charge in [0.05, 0.1) is 48.9 Å². The Morgan fingerprint density at radius 2 is 1.89 bits per heavy atom. The monoisotopic (exact) mass is 538 g/mol. The average molecular weight is 539 g/mol. The molecular formula is C23H30N4O7S2. The number of fused-ring (bicyclic) bond motifs is 1. The number of rotatable bonds is 12. The number of imide groups is 1. The third-order valence-electron chi connectivity index (χ3n) is 5.65. The summed E-state index contributed by atoms with van der Waals surface area (Å²) in [5.74, 6) is -1.75. The Labute approximate surface area is 214 Å². The van der Waals surface area contributed by atoms with Gasteiger partial charge < -0.3 is 14.8 Å². The Hall–Kier alpha value is -3.03. The first-order valence-corrected chi connectivity index (χ1v) is 14.4. The van der Waals surface area contributed by atoms with Gasteiger partial charge >= 0.3 is 0 Å². The van der Waals surface area contributed by atoms with Gasteiger partial charge in [0.25, 0.3) is 17.7 Å². The highest BCUT2D eigenvalue weighted by Crippen LogP contribution is 2.40. The van der Waals surface area contributed by atoms with E-state index < -0.39 is 33.4 Å². The molecule has 0 aliphatic carbocycles. The standard InChI is InChI=1S/C23H30N4O7S2/c1-6-26(7-2)11-18(28)25-21-19-14(12-35-21)22(29)27(23(19)30)16(13-36(5,31)32)15-9-10-17(33-4)20(24-15)34-8-3/h9-10,12,16H,6-8,11,13H2,1-5H3,(H,25,28)/t16-/m1/s1. The average Bonchev–Trinajstić information content (AvgIpc) is 3.34. The van der Waals surface area contributed by atoms with Crippen molar-refractivity contribution in [2.24, 2.45) is 0 Å². The molecule has 0 saturated heterocycles. The molecule has 0 saturated carbocycles. The van der Waals surface area contributed by atoms with Gasteiger partial charge in [0.15, 0.2) is 5.75 Å². The van der Waals surface area contributed by atoms with Crippen LogP contribution in [0.1, 0.15) is 53.2 Å². The van der Waals surface area contributed by atoms with E-state index >= 15 is 0 Å². The van der Waals surface area contributed by atoms with E-state index in [4.69, 9.17) is 9.47 Å². The highest BCUT2D eigenvalue weighted by molar-refractivity contribution is 7.90. The van der Waals surface area contributed by atoms with Gasteiger partial charge in [-0.15, -0.1) is 11.3 Å². The fraction of sp³-hybridized carbons (Fsp3) is 0.478. The first-order chi connectivity index (χ1) is 17.0. The first kappa shape index (κ1) is 27.6. The van der Waals surface area contributed by atoms with E-state index in [9.17, 15) is 22.8 Å². The van der Waals surface area contributed by atoms with Crippen molar-refractivity contribution in [3.8, 4) is 11.6 Å². The molecule has 2 aromatic heterocycles. The number of sulfone groups is 1. The van der Waals surface area contributed by atoms with Crippen molar-refractivity contribution in [1.82, 2.24) is 14.8 Å². The van der Waals surface area contributed by atoms with Gasteiger partial charge in [-0.1, -0.05) is 13.8 Å². The summed E-state index contributed by atoms with van der Waals surface area (Å²) in [5, 5.41) is 4.47. The highest BCUT2D eigenvalue weighted by atomic mass is 32.2. The zero-order chi connectivity index (χ0) is 26.6. The number of likely N-dealkylation sites (N-methyl/N-ethyl adjacent to an activating group) is 1. The molecule has 11 nitrogen and oxygen atoms in total. The lowest BCUT2D eigenvalue weighted by molar-refractivity contribution is -0.117. The summed E-state index contributed by atoms with van der Waals surface area (Å²) < 4.78 is 35.4. The maximum atomic E-state index is 13.5. The molecule has 2 aromatic rings. The fourth-order valence-electron chi connectivity index (χ4n) is 3.86. The number of hydrogen-bond donors (Lipinski definition) is 1. The normalized spacial score (nSPS) is 14.2. The number of aromatic nitrogens is 1. The third kappa shape index (κ3) is 5.85. The largest absolute Gasteiger partial charge is 0.491 e. The lowest BCUT2D eigenvalue weighted by Gasteiger charge is -2.26. The van der Waals surface area contributed by atoms with E-state index in [2.05, 4.69) is 10.3 Å². The van der Waals surface area contributed by atoms with Crippen LogP contribution in [0.15, 0.2) is 17.5 Å². The molecule has 1 N–H and O–H groups in total. The van der Waals surface area contributed by atoms with Crippen molar-refractivity contribution in [2.45, 2.75) is 26.8 Å². The van der Waals surface area contributed by atoms with E-state index in [0.29, 0.717) is 18.8 Å². The third-order valence-corrected chi connectivity index (χ3v) is 7.47. The number of nitrogens with zero attached hydrogens (tertiary/aromatic N) is 3. The Kier molecular flexibility index (Phi) is 8.69. The van der Waals surface area contributed by atoms with Gasteiger partial charge in [0, 0.05) is 11.6 Å². The molecule has 3 amide bonds. The second kappa shape index (κ2) is 11.4. The van der Waals surface area contributed by atoms with Crippen LogP contribution >= 0.6 is 11.3 Å². The quantitative estimate of drug-likeness (QED) is 0.404. The second-order valence-corrected chi connectivity index (χ2v) is 11.2. The number of anilines is 1. The molecule has 13 heteroatoms. The van der Waals surface area contributed by atoms with Crippen LogP contribution in [0.5, 0.6) is 11.6 Å². The van der Waals surface area contributed by atoms with Gasteiger partial charge in [-0.05, 0) is 32.1 Å². The molecule has 0 fully saturated rings. The van der Waals surface area contributed by atoms with Crippen molar-refractivity contribution in [2.75, 3.05) is 50.7 Å². The molecule has 0 spiro atoms. The lowest BCUT2D eigenvalue weighted by atomic mass is 10.1. The van der Waals surface area contributed by atoms with Crippen molar-refractivity contribution in [1.29, 1.82) is 0 Å². The number of pyridine rings is 1. The Morgan fingerprint density at radius 3 is 2.47 bits per heavy atom. The summed E-state index contributed by atoms with van der Waals surface area (Å²) in [6.07, 6.45) is 1.02. The van der Waals surface area contributed by atoms with Gasteiger partial charge in [0.2, 0.25) is 5.91 Å². The van der Waals surface area contributed by atoms with Gasteiger partial charge in [-0.2, -0.15) is 0 Å². The highest BCUT2D eigenvalue weighted by Gasteiger charge is 2.45. The Balaban J connectivity index is 1.98. The summed E-state index contributed by atoms with van der Waals surface area (Å²) in [5.41, 5.74) is 0.322. The van der Waals surface area contributed by atoms with Crippen LogP contribution in [0, 0.1) is 0 Å². The number of ether oxygens (including phenoxy) is 2. The zero-order valence-electron chi connectivity index (χ0n) is 20.9. The molecule has 196 valence electrons. The van der Waals surface area contributed by atoms with Gasteiger partial charge in [-0.25, -0.2) is 13.4 Å². The maximum Gasteiger partial charge on any atom is 0.265 e. The number of hydrogen-bond acceptors (Lipinski definition) is 10. The molecule has 3 heterocycles. The summed E-state index contributed by atoms with van der Waals surface area (Å²) >= 11 is 1.08. The van der Waals surface area contributed by atoms with Crippen molar-refractivity contribution in [3.05, 3.63) is 34.3 Å². The number of amides is 3. The van der Waals surface area contributed by atoms with E-state index in [1.165, 1.54) is 18.6 Å². The SMILES string of the molecule is CCOc1nc([C@@H](CS(C)(=O)=O)N2C(=O)c3csc(NC(=O)CN(CC)CC)c3C2=O)ccc1OC. The minimum absolute atomic E-state index is 0.0509. The molecule has 1 aliphatic heterocycles. The fourth-order valence-corrected chi connectivity index (χ4v) is 5.70. The van der Waals surface area contributed by atoms with Crippen LogP contribution in [0.2, 0.25) is 0 Å². The predicted octanol–water partition coefficient (Wildman–Crippen LogP) is 2.21. The van der Waals surface area contributed by atoms with Crippen LogP contribution in [0.25, 0.3) is 0 Å². The molecule has 3 rings (SSSR count). The number of carbonyl (C=O) groups is 3. The minimum atomic E-state index is -3.65. The number of carbonyl (C=O) groups excluding carboxylic acids is 3. The van der Waals surface area contributed by atoms with Crippen LogP contribution < -0.4 is 14.8 Å². The molecule has 1 atom stereocenters. The lowest BCUT2D eigenvalue weighted by Crippen LogP contribution is -2.38. The topological polar surface area (TPSA) is 135 Å². The molecule has 36 heavy (non-hydrogen) atoms. The molecule has 0 radical (unpaired) electrons. The van der Waals surface area contributed by atoms with Crippen LogP contribution in [-0.2, 0) is 14.6 Å². The summed E-state index contributed by atoms with van der Waals surface area (Å²) in [7, 11) is -2.21.